The summed E-state index contributed by atoms with van der Waals surface area (Å²) < 4.78 is 0. The van der Waals surface area contributed by atoms with Crippen LogP contribution in [0.3, 0.4) is 0 Å². The van der Waals surface area contributed by atoms with Crippen LogP contribution in [0, 0.1) is 13.8 Å². The van der Waals surface area contributed by atoms with E-state index in [1.165, 1.54) is 0 Å². The molecule has 0 aliphatic carbocycles. The minimum atomic E-state index is -0.102. The lowest BCUT2D eigenvalue weighted by Crippen LogP contribution is -2.17. The third-order valence-corrected chi connectivity index (χ3v) is 3.66. The molecule has 2 aromatic rings. The van der Waals surface area contributed by atoms with E-state index in [1.54, 1.807) is 0 Å². The van der Waals surface area contributed by atoms with Crippen molar-refractivity contribution in [3.05, 3.63) is 65.2 Å². The van der Waals surface area contributed by atoms with Crippen LogP contribution in [0.1, 0.15) is 35.6 Å². The predicted octanol–water partition coefficient (Wildman–Crippen LogP) is 3.72. The van der Waals surface area contributed by atoms with Gasteiger partial charge in [-0.1, -0.05) is 48.5 Å². The molecule has 2 rings (SSSR count). The number of hydrogen-bond acceptors (Lipinski definition) is 2. The lowest BCUT2D eigenvalue weighted by molar-refractivity contribution is -0.116. The highest BCUT2D eigenvalue weighted by molar-refractivity contribution is 5.92. The summed E-state index contributed by atoms with van der Waals surface area (Å²) in [6.07, 6.45) is 1.06. The number of para-hydroxylation sites is 1. The van der Waals surface area contributed by atoms with Crippen LogP contribution < -0.4 is 11.1 Å². The van der Waals surface area contributed by atoms with Crippen molar-refractivity contribution in [2.24, 2.45) is 5.73 Å². The van der Waals surface area contributed by atoms with Crippen molar-refractivity contribution in [3.8, 4) is 0 Å². The molecule has 3 N–H and O–H groups in total. The number of nitrogens with two attached hydrogens (primary N) is 1. The Hall–Kier alpha value is -2.13. The van der Waals surface area contributed by atoms with Gasteiger partial charge < -0.3 is 11.1 Å². The van der Waals surface area contributed by atoms with E-state index >= 15 is 0 Å². The van der Waals surface area contributed by atoms with Crippen molar-refractivity contribution < 1.29 is 4.79 Å². The summed E-state index contributed by atoms with van der Waals surface area (Å²) in [4.78, 5) is 12.1. The topological polar surface area (TPSA) is 55.1 Å². The molecule has 0 spiro atoms. The van der Waals surface area contributed by atoms with Gasteiger partial charge in [0.05, 0.1) is 0 Å². The molecule has 3 heteroatoms. The summed E-state index contributed by atoms with van der Waals surface area (Å²) in [6, 6.07) is 15.8. The standard InChI is InChI=1S/C18H22N2O/c1-13-7-6-8-14(2)18(13)20-17(21)12-11-16(19)15-9-4-3-5-10-15/h3-10,16H,11-12,19H2,1-2H3,(H,20,21). The summed E-state index contributed by atoms with van der Waals surface area (Å²) >= 11 is 0. The Labute approximate surface area is 126 Å². The quantitative estimate of drug-likeness (QED) is 0.878. The van der Waals surface area contributed by atoms with E-state index in [0.717, 1.165) is 22.4 Å². The van der Waals surface area contributed by atoms with Crippen LogP contribution in [0.25, 0.3) is 0 Å². The van der Waals surface area contributed by atoms with Crippen LogP contribution in [0.15, 0.2) is 48.5 Å². The first-order valence-corrected chi connectivity index (χ1v) is 7.24. The second kappa shape index (κ2) is 7.04. The number of anilines is 1. The normalized spacial score (nSPS) is 12.0. The number of nitrogens with one attached hydrogen (secondary N) is 1. The fourth-order valence-corrected chi connectivity index (χ4v) is 2.37. The number of aryl methyl sites for hydroxylation is 2. The summed E-state index contributed by atoms with van der Waals surface area (Å²) in [6.45, 7) is 4.00. The lowest BCUT2D eigenvalue weighted by atomic mass is 10.0. The van der Waals surface area contributed by atoms with Gasteiger partial charge in [0, 0.05) is 18.2 Å². The van der Waals surface area contributed by atoms with Gasteiger partial charge in [0.1, 0.15) is 0 Å². The number of amides is 1. The Balaban J connectivity index is 1.91. The predicted molar refractivity (Wildman–Crippen MR) is 87.2 cm³/mol. The zero-order chi connectivity index (χ0) is 15.2. The van der Waals surface area contributed by atoms with Crippen molar-refractivity contribution in [1.29, 1.82) is 0 Å². The Morgan fingerprint density at radius 3 is 2.29 bits per heavy atom. The minimum absolute atomic E-state index is 0.0128. The van der Waals surface area contributed by atoms with Crippen molar-refractivity contribution in [2.45, 2.75) is 32.7 Å². The highest BCUT2D eigenvalue weighted by Gasteiger charge is 2.11. The maximum atomic E-state index is 12.1. The number of benzene rings is 2. The van der Waals surface area contributed by atoms with E-state index in [4.69, 9.17) is 5.73 Å². The molecule has 1 amide bonds. The van der Waals surface area contributed by atoms with Gasteiger partial charge in [0.2, 0.25) is 5.91 Å². The van der Waals surface area contributed by atoms with Crippen LogP contribution in [-0.2, 0) is 4.79 Å². The molecule has 1 atom stereocenters. The zero-order valence-corrected chi connectivity index (χ0v) is 12.6. The summed E-state index contributed by atoms with van der Waals surface area (Å²) in [5, 5.41) is 2.99. The smallest absolute Gasteiger partial charge is 0.224 e. The van der Waals surface area contributed by atoms with Crippen LogP contribution in [0.4, 0.5) is 5.69 Å². The Bertz CT molecular complexity index is 588. The van der Waals surface area contributed by atoms with Crippen molar-refractivity contribution >= 4 is 11.6 Å². The average Bonchev–Trinajstić information content (AvgIpc) is 2.49. The summed E-state index contributed by atoms with van der Waals surface area (Å²) in [5.41, 5.74) is 10.3. The third-order valence-electron chi connectivity index (χ3n) is 3.66. The third kappa shape index (κ3) is 4.17. The molecule has 0 saturated carbocycles. The molecule has 1 unspecified atom stereocenters. The number of rotatable bonds is 5. The molecule has 0 aliphatic rings. The maximum Gasteiger partial charge on any atom is 0.224 e. The molecular weight excluding hydrogens is 260 g/mol. The average molecular weight is 282 g/mol. The van der Waals surface area contributed by atoms with Gasteiger partial charge in [-0.3, -0.25) is 4.79 Å². The number of carbonyl (C=O) groups excluding carboxylic acids is 1. The first kappa shape index (κ1) is 15.3. The number of carbonyl (C=O) groups is 1. The van der Waals surface area contributed by atoms with Crippen LogP contribution in [-0.4, -0.2) is 5.91 Å². The van der Waals surface area contributed by atoms with Gasteiger partial charge in [0.25, 0.3) is 0 Å². The van der Waals surface area contributed by atoms with Crippen molar-refractivity contribution in [2.75, 3.05) is 5.32 Å². The second-order valence-electron chi connectivity index (χ2n) is 5.37. The first-order chi connectivity index (χ1) is 10.1. The van der Waals surface area contributed by atoms with Gasteiger partial charge in [0.15, 0.2) is 0 Å². The Morgan fingerprint density at radius 2 is 1.67 bits per heavy atom. The molecule has 0 bridgehead atoms. The SMILES string of the molecule is Cc1cccc(C)c1NC(=O)CCC(N)c1ccccc1. The molecule has 0 fully saturated rings. The summed E-state index contributed by atoms with van der Waals surface area (Å²) in [5.74, 6) is 0.0128. The molecule has 110 valence electrons. The van der Waals surface area contributed by atoms with Crippen molar-refractivity contribution in [1.82, 2.24) is 0 Å². The fraction of sp³-hybridized carbons (Fsp3) is 0.278. The fourth-order valence-electron chi connectivity index (χ4n) is 2.37. The largest absolute Gasteiger partial charge is 0.326 e. The molecule has 0 aromatic heterocycles. The molecule has 0 aliphatic heterocycles. The van der Waals surface area contributed by atoms with Gasteiger partial charge in [-0.05, 0) is 37.0 Å². The first-order valence-electron chi connectivity index (χ1n) is 7.24. The number of hydrogen-bond donors (Lipinski definition) is 2. The summed E-state index contributed by atoms with van der Waals surface area (Å²) in [7, 11) is 0. The highest BCUT2D eigenvalue weighted by Crippen LogP contribution is 2.21. The Morgan fingerprint density at radius 1 is 1.05 bits per heavy atom. The lowest BCUT2D eigenvalue weighted by Gasteiger charge is -2.14. The van der Waals surface area contributed by atoms with Gasteiger partial charge >= 0.3 is 0 Å². The second-order valence-corrected chi connectivity index (χ2v) is 5.37. The molecule has 0 radical (unpaired) electrons. The van der Waals surface area contributed by atoms with Crippen LogP contribution >= 0.6 is 0 Å². The van der Waals surface area contributed by atoms with E-state index in [0.29, 0.717) is 12.8 Å². The van der Waals surface area contributed by atoms with E-state index in [9.17, 15) is 4.79 Å². The molecular formula is C18H22N2O. The molecule has 21 heavy (non-hydrogen) atoms. The van der Waals surface area contributed by atoms with E-state index < -0.39 is 0 Å². The van der Waals surface area contributed by atoms with Gasteiger partial charge in [-0.2, -0.15) is 0 Å². The molecule has 3 nitrogen and oxygen atoms in total. The van der Waals surface area contributed by atoms with Crippen molar-refractivity contribution in [3.63, 3.8) is 0 Å². The molecule has 0 saturated heterocycles. The van der Waals surface area contributed by atoms with E-state index in [2.05, 4.69) is 5.32 Å². The van der Waals surface area contributed by atoms with E-state index in [1.807, 2.05) is 62.4 Å². The molecule has 0 heterocycles. The van der Waals surface area contributed by atoms with Gasteiger partial charge in [-0.25, -0.2) is 0 Å². The van der Waals surface area contributed by atoms with Gasteiger partial charge in [-0.15, -0.1) is 0 Å². The van der Waals surface area contributed by atoms with Crippen LogP contribution in [0.2, 0.25) is 0 Å². The maximum absolute atomic E-state index is 12.1. The minimum Gasteiger partial charge on any atom is -0.326 e. The zero-order valence-electron chi connectivity index (χ0n) is 12.6. The van der Waals surface area contributed by atoms with E-state index in [-0.39, 0.29) is 11.9 Å². The highest BCUT2D eigenvalue weighted by atomic mass is 16.1. The van der Waals surface area contributed by atoms with Crippen LogP contribution in [0.5, 0.6) is 0 Å². The monoisotopic (exact) mass is 282 g/mol. The molecule has 2 aromatic carbocycles. The Kier molecular flexibility index (Phi) is 5.12.